The summed E-state index contributed by atoms with van der Waals surface area (Å²) in [7, 11) is 0. The lowest BCUT2D eigenvalue weighted by molar-refractivity contribution is -0.149. The van der Waals surface area contributed by atoms with E-state index < -0.39 is 5.97 Å². The van der Waals surface area contributed by atoms with E-state index in [4.69, 9.17) is 9.84 Å². The zero-order valence-electron chi connectivity index (χ0n) is 10.7. The van der Waals surface area contributed by atoms with Gasteiger partial charge in [0.2, 0.25) is 0 Å². The minimum atomic E-state index is -0.695. The number of carboxylic acid groups (broad SMARTS) is 1. The van der Waals surface area contributed by atoms with Crippen LogP contribution in [0, 0.1) is 5.92 Å². The number of amides is 1. The summed E-state index contributed by atoms with van der Waals surface area (Å²) in [5.41, 5.74) is 0. The second-order valence-corrected chi connectivity index (χ2v) is 4.81. The molecule has 6 nitrogen and oxygen atoms in total. The molecule has 1 heterocycles. The van der Waals surface area contributed by atoms with Crippen LogP contribution < -0.4 is 0 Å². The number of carbonyl (C=O) groups is 2. The van der Waals surface area contributed by atoms with Gasteiger partial charge in [-0.15, -0.1) is 0 Å². The van der Waals surface area contributed by atoms with Crippen LogP contribution in [0.2, 0.25) is 0 Å². The third-order valence-corrected chi connectivity index (χ3v) is 3.86. The molecule has 1 saturated heterocycles. The highest BCUT2D eigenvalue weighted by Crippen LogP contribution is 2.32. The lowest BCUT2D eigenvalue weighted by atomic mass is 9.78. The van der Waals surface area contributed by atoms with Crippen molar-refractivity contribution < 1.29 is 19.4 Å². The molecule has 0 aromatic carbocycles. The van der Waals surface area contributed by atoms with Gasteiger partial charge in [0.05, 0.1) is 12.5 Å². The van der Waals surface area contributed by atoms with Crippen LogP contribution in [0.4, 0.5) is 4.79 Å². The first kappa shape index (κ1) is 13.1. The largest absolute Gasteiger partial charge is 0.481 e. The first-order valence-corrected chi connectivity index (χ1v) is 6.52. The Labute approximate surface area is 106 Å². The van der Waals surface area contributed by atoms with Gasteiger partial charge in [-0.3, -0.25) is 9.69 Å². The van der Waals surface area contributed by atoms with Crippen LogP contribution in [0.15, 0.2) is 0 Å². The highest BCUT2D eigenvalue weighted by atomic mass is 16.6. The first-order valence-electron chi connectivity index (χ1n) is 6.52. The van der Waals surface area contributed by atoms with Gasteiger partial charge in [0.15, 0.2) is 0 Å². The van der Waals surface area contributed by atoms with E-state index in [-0.39, 0.29) is 18.1 Å². The van der Waals surface area contributed by atoms with Gasteiger partial charge in [0, 0.05) is 32.2 Å². The van der Waals surface area contributed by atoms with Crippen LogP contribution in [0.5, 0.6) is 0 Å². The summed E-state index contributed by atoms with van der Waals surface area (Å²) in [4.78, 5) is 26.4. The van der Waals surface area contributed by atoms with Crippen LogP contribution in [0.25, 0.3) is 0 Å². The van der Waals surface area contributed by atoms with Gasteiger partial charge in [-0.1, -0.05) is 0 Å². The third kappa shape index (κ3) is 2.58. The van der Waals surface area contributed by atoms with Gasteiger partial charge in [0.25, 0.3) is 0 Å². The maximum Gasteiger partial charge on any atom is 0.409 e. The molecule has 0 bridgehead atoms. The molecular formula is C12H20N2O4. The quantitative estimate of drug-likeness (QED) is 0.801. The Morgan fingerprint density at radius 1 is 1.22 bits per heavy atom. The Bertz CT molecular complexity index is 326. The van der Waals surface area contributed by atoms with Gasteiger partial charge in [0.1, 0.15) is 0 Å². The van der Waals surface area contributed by atoms with E-state index in [9.17, 15) is 9.59 Å². The van der Waals surface area contributed by atoms with Crippen molar-refractivity contribution in [3.05, 3.63) is 0 Å². The highest BCUT2D eigenvalue weighted by Gasteiger charge is 2.41. The summed E-state index contributed by atoms with van der Waals surface area (Å²) in [5, 5.41) is 9.03. The van der Waals surface area contributed by atoms with E-state index >= 15 is 0 Å². The number of ether oxygens (including phenoxy) is 1. The van der Waals surface area contributed by atoms with Crippen LogP contribution >= 0.6 is 0 Å². The molecule has 2 fully saturated rings. The number of aliphatic carboxylic acids is 1. The standard InChI is InChI=1S/C12H20N2O4/c1-2-18-12(17)14-7-5-13(6-8-14)10-4-3-9(10)11(15)16/h9-10H,2-8H2,1H3,(H,15,16). The fourth-order valence-corrected chi connectivity index (χ4v) is 2.66. The minimum Gasteiger partial charge on any atom is -0.481 e. The number of hydrogen-bond acceptors (Lipinski definition) is 4. The summed E-state index contributed by atoms with van der Waals surface area (Å²) in [5.74, 6) is -0.918. The molecule has 1 aliphatic heterocycles. The predicted molar refractivity (Wildman–Crippen MR) is 64.3 cm³/mol. The molecular weight excluding hydrogens is 236 g/mol. The van der Waals surface area contributed by atoms with E-state index in [0.29, 0.717) is 19.7 Å². The zero-order chi connectivity index (χ0) is 13.1. The number of nitrogens with zero attached hydrogens (tertiary/aromatic N) is 2. The molecule has 1 saturated carbocycles. The normalized spacial score (nSPS) is 28.6. The van der Waals surface area contributed by atoms with Crippen molar-refractivity contribution in [2.75, 3.05) is 32.8 Å². The molecule has 2 rings (SSSR count). The molecule has 1 amide bonds. The Balaban J connectivity index is 1.80. The summed E-state index contributed by atoms with van der Waals surface area (Å²) in [6.07, 6.45) is 1.47. The van der Waals surface area contributed by atoms with Crippen molar-refractivity contribution in [2.24, 2.45) is 5.92 Å². The molecule has 0 spiro atoms. The van der Waals surface area contributed by atoms with Crippen LogP contribution in [-0.2, 0) is 9.53 Å². The smallest absolute Gasteiger partial charge is 0.409 e. The van der Waals surface area contributed by atoms with Gasteiger partial charge >= 0.3 is 12.1 Å². The molecule has 0 aromatic rings. The molecule has 2 atom stereocenters. The maximum atomic E-state index is 11.5. The Morgan fingerprint density at radius 3 is 2.33 bits per heavy atom. The molecule has 18 heavy (non-hydrogen) atoms. The number of hydrogen-bond donors (Lipinski definition) is 1. The maximum absolute atomic E-state index is 11.5. The Kier molecular flexibility index (Phi) is 4.06. The monoisotopic (exact) mass is 256 g/mol. The molecule has 102 valence electrons. The Morgan fingerprint density at radius 2 is 1.89 bits per heavy atom. The molecule has 1 aliphatic carbocycles. The van der Waals surface area contributed by atoms with Crippen LogP contribution in [-0.4, -0.2) is 65.8 Å². The van der Waals surface area contributed by atoms with E-state index in [1.807, 2.05) is 0 Å². The second kappa shape index (κ2) is 5.56. The average molecular weight is 256 g/mol. The summed E-state index contributed by atoms with van der Waals surface area (Å²) >= 11 is 0. The lowest BCUT2D eigenvalue weighted by Gasteiger charge is -2.45. The number of carbonyl (C=O) groups excluding carboxylic acids is 1. The van der Waals surface area contributed by atoms with Crippen molar-refractivity contribution in [1.29, 1.82) is 0 Å². The zero-order valence-corrected chi connectivity index (χ0v) is 10.7. The molecule has 2 aliphatic rings. The summed E-state index contributed by atoms with van der Waals surface area (Å²) < 4.78 is 4.95. The van der Waals surface area contributed by atoms with Crippen molar-refractivity contribution >= 4 is 12.1 Å². The number of piperazine rings is 1. The number of carboxylic acids is 1. The molecule has 0 aromatic heterocycles. The lowest BCUT2D eigenvalue weighted by Crippen LogP contribution is -2.57. The van der Waals surface area contributed by atoms with Crippen LogP contribution in [0.1, 0.15) is 19.8 Å². The number of rotatable bonds is 3. The van der Waals surface area contributed by atoms with Gasteiger partial charge in [-0.2, -0.15) is 0 Å². The Hall–Kier alpha value is -1.30. The van der Waals surface area contributed by atoms with E-state index in [1.54, 1.807) is 11.8 Å². The summed E-state index contributed by atoms with van der Waals surface area (Å²) in [6.45, 7) is 4.92. The molecule has 0 radical (unpaired) electrons. The molecule has 2 unspecified atom stereocenters. The van der Waals surface area contributed by atoms with Crippen molar-refractivity contribution in [3.63, 3.8) is 0 Å². The van der Waals surface area contributed by atoms with Gasteiger partial charge < -0.3 is 14.7 Å². The van der Waals surface area contributed by atoms with Gasteiger partial charge in [-0.05, 0) is 19.8 Å². The van der Waals surface area contributed by atoms with Crippen molar-refractivity contribution in [2.45, 2.75) is 25.8 Å². The van der Waals surface area contributed by atoms with E-state index in [0.717, 1.165) is 25.9 Å². The van der Waals surface area contributed by atoms with Crippen LogP contribution in [0.3, 0.4) is 0 Å². The fraction of sp³-hybridized carbons (Fsp3) is 0.833. The van der Waals surface area contributed by atoms with Crippen molar-refractivity contribution in [3.8, 4) is 0 Å². The van der Waals surface area contributed by atoms with E-state index in [2.05, 4.69) is 4.90 Å². The topological polar surface area (TPSA) is 70.1 Å². The van der Waals surface area contributed by atoms with Gasteiger partial charge in [-0.25, -0.2) is 4.79 Å². The SMILES string of the molecule is CCOC(=O)N1CCN(C2CCC2C(=O)O)CC1. The molecule has 6 heteroatoms. The van der Waals surface area contributed by atoms with E-state index in [1.165, 1.54) is 0 Å². The first-order chi connectivity index (χ1) is 8.63. The second-order valence-electron chi connectivity index (χ2n) is 4.81. The average Bonchev–Trinajstić information content (AvgIpc) is 2.28. The predicted octanol–water partition coefficient (Wildman–Crippen LogP) is 0.624. The fourth-order valence-electron chi connectivity index (χ4n) is 2.66. The third-order valence-electron chi connectivity index (χ3n) is 3.86. The highest BCUT2D eigenvalue weighted by molar-refractivity contribution is 5.72. The minimum absolute atomic E-state index is 0.159. The van der Waals surface area contributed by atoms with Crippen molar-refractivity contribution in [1.82, 2.24) is 9.80 Å². The summed E-state index contributed by atoms with van der Waals surface area (Å²) in [6, 6.07) is 0.159. The molecule has 1 N–H and O–H groups in total.